The van der Waals surface area contributed by atoms with Gasteiger partial charge in [0.25, 0.3) is 0 Å². The largest absolute Gasteiger partial charge is 0.323 e. The fraction of sp³-hybridized carbons (Fsp3) is 0.111. The number of halogens is 1. The number of aromatic nitrogens is 4. The molecule has 5 nitrogen and oxygen atoms in total. The predicted octanol–water partition coefficient (Wildman–Crippen LogP) is 3.89. The first-order chi connectivity index (χ1) is 11.5. The van der Waals surface area contributed by atoms with Crippen molar-refractivity contribution >= 4 is 22.6 Å². The number of hydrogen-bond acceptors (Lipinski definition) is 2. The average Bonchev–Trinajstić information content (AvgIpc) is 3.08. The van der Waals surface area contributed by atoms with Gasteiger partial charge in [-0.25, -0.2) is 4.79 Å². The summed E-state index contributed by atoms with van der Waals surface area (Å²) in [6, 6.07) is 11.6. The summed E-state index contributed by atoms with van der Waals surface area (Å²) in [5.74, 6) is 0. The lowest BCUT2D eigenvalue weighted by atomic mass is 9.94. The second kappa shape index (κ2) is 5.39. The molecule has 2 N–H and O–H groups in total. The lowest BCUT2D eigenvalue weighted by Crippen LogP contribution is -1.99. The second-order valence-corrected chi connectivity index (χ2v) is 6.18. The highest BCUT2D eigenvalue weighted by molar-refractivity contribution is 6.34. The average molecular weight is 339 g/mol. The lowest BCUT2D eigenvalue weighted by Gasteiger charge is -2.12. The molecule has 4 aromatic rings. The van der Waals surface area contributed by atoms with Crippen molar-refractivity contribution in [2.45, 2.75) is 6.92 Å². The Morgan fingerprint density at radius 2 is 1.88 bits per heavy atom. The van der Waals surface area contributed by atoms with Crippen LogP contribution in [0.15, 0.2) is 47.4 Å². The van der Waals surface area contributed by atoms with Crippen LogP contribution in [0.1, 0.15) is 5.69 Å². The highest BCUT2D eigenvalue weighted by atomic mass is 35.5. The van der Waals surface area contributed by atoms with Crippen LogP contribution in [-0.4, -0.2) is 19.7 Å². The number of aryl methyl sites for hydroxylation is 1. The van der Waals surface area contributed by atoms with Crippen LogP contribution in [-0.2, 0) is 7.05 Å². The summed E-state index contributed by atoms with van der Waals surface area (Å²) < 4.78 is 1.84. The molecule has 0 aliphatic rings. The molecule has 0 amide bonds. The van der Waals surface area contributed by atoms with Crippen LogP contribution >= 0.6 is 11.6 Å². The Bertz CT molecular complexity index is 1120. The highest BCUT2D eigenvalue weighted by Crippen LogP contribution is 2.39. The third kappa shape index (κ3) is 2.25. The smallest absolute Gasteiger partial charge is 0.306 e. The van der Waals surface area contributed by atoms with E-state index < -0.39 is 0 Å². The molecular formula is C18H15ClN4O. The first-order valence-corrected chi connectivity index (χ1v) is 7.92. The van der Waals surface area contributed by atoms with Crippen molar-refractivity contribution in [2.75, 3.05) is 0 Å². The molecule has 0 fully saturated rings. The molecule has 0 radical (unpaired) electrons. The molecule has 0 bridgehead atoms. The van der Waals surface area contributed by atoms with E-state index in [0.717, 1.165) is 39.0 Å². The number of nitrogens with zero attached hydrogens (tertiary/aromatic N) is 2. The number of hydrogen-bond donors (Lipinski definition) is 2. The zero-order valence-corrected chi connectivity index (χ0v) is 14.0. The number of imidazole rings is 1. The normalized spacial score (nSPS) is 11.3. The predicted molar refractivity (Wildman–Crippen MR) is 96.3 cm³/mol. The van der Waals surface area contributed by atoms with Gasteiger partial charge >= 0.3 is 5.69 Å². The minimum absolute atomic E-state index is 0.218. The molecule has 2 heterocycles. The number of H-pyrrole nitrogens is 2. The highest BCUT2D eigenvalue weighted by Gasteiger charge is 2.15. The van der Waals surface area contributed by atoms with Crippen LogP contribution in [0.4, 0.5) is 0 Å². The molecule has 0 unspecified atom stereocenters. The first-order valence-electron chi connectivity index (χ1n) is 7.54. The summed E-state index contributed by atoms with van der Waals surface area (Å²) in [6.45, 7) is 2.03. The van der Waals surface area contributed by atoms with E-state index in [2.05, 4.69) is 15.1 Å². The maximum atomic E-state index is 11.5. The van der Waals surface area contributed by atoms with Gasteiger partial charge < -0.3 is 9.97 Å². The molecule has 2 aromatic heterocycles. The van der Waals surface area contributed by atoms with Crippen LogP contribution in [0, 0.1) is 6.92 Å². The fourth-order valence-corrected chi connectivity index (χ4v) is 3.28. The number of nitrogens with one attached hydrogen (secondary N) is 2. The van der Waals surface area contributed by atoms with E-state index in [1.807, 2.05) is 61.2 Å². The quantitative estimate of drug-likeness (QED) is 0.582. The van der Waals surface area contributed by atoms with Gasteiger partial charge in [-0.05, 0) is 36.2 Å². The Kier molecular flexibility index (Phi) is 3.32. The van der Waals surface area contributed by atoms with Crippen molar-refractivity contribution in [3.63, 3.8) is 0 Å². The summed E-state index contributed by atoms with van der Waals surface area (Å²) in [6.07, 6.45) is 1.85. The second-order valence-electron chi connectivity index (χ2n) is 5.77. The van der Waals surface area contributed by atoms with Gasteiger partial charge in [-0.3, -0.25) is 4.68 Å². The van der Waals surface area contributed by atoms with Crippen molar-refractivity contribution < 1.29 is 0 Å². The van der Waals surface area contributed by atoms with E-state index in [4.69, 9.17) is 11.6 Å². The third-order valence-electron chi connectivity index (χ3n) is 4.34. The zero-order valence-electron chi connectivity index (χ0n) is 13.2. The Labute approximate surface area is 142 Å². The summed E-state index contributed by atoms with van der Waals surface area (Å²) >= 11 is 6.52. The molecule has 2 aromatic carbocycles. The van der Waals surface area contributed by atoms with Crippen LogP contribution < -0.4 is 5.69 Å². The molecular weight excluding hydrogens is 324 g/mol. The number of aromatic amines is 2. The molecule has 120 valence electrons. The minimum Gasteiger partial charge on any atom is -0.306 e. The molecule has 24 heavy (non-hydrogen) atoms. The first kappa shape index (κ1) is 14.8. The van der Waals surface area contributed by atoms with Gasteiger partial charge in [0.2, 0.25) is 0 Å². The molecule has 0 aliphatic carbocycles. The van der Waals surface area contributed by atoms with Crippen molar-refractivity contribution in [1.29, 1.82) is 0 Å². The zero-order chi connectivity index (χ0) is 16.8. The lowest BCUT2D eigenvalue weighted by molar-refractivity contribution is 0.740. The summed E-state index contributed by atoms with van der Waals surface area (Å²) in [4.78, 5) is 17.0. The Morgan fingerprint density at radius 1 is 1.08 bits per heavy atom. The number of fused-ring (bicyclic) bond motifs is 1. The van der Waals surface area contributed by atoms with Gasteiger partial charge in [0.05, 0.1) is 17.2 Å². The van der Waals surface area contributed by atoms with E-state index in [0.29, 0.717) is 5.02 Å². The molecule has 0 spiro atoms. The number of benzene rings is 2. The van der Waals surface area contributed by atoms with Crippen molar-refractivity contribution in [2.24, 2.45) is 7.05 Å². The fourth-order valence-electron chi connectivity index (χ4n) is 2.99. The van der Waals surface area contributed by atoms with Crippen molar-refractivity contribution in [1.82, 2.24) is 19.7 Å². The number of rotatable bonds is 2. The molecule has 6 heteroatoms. The maximum Gasteiger partial charge on any atom is 0.323 e. The van der Waals surface area contributed by atoms with Crippen LogP contribution in [0.5, 0.6) is 0 Å². The Morgan fingerprint density at radius 3 is 2.62 bits per heavy atom. The molecule has 0 saturated heterocycles. The molecule has 0 aliphatic heterocycles. The van der Waals surface area contributed by atoms with E-state index in [1.54, 1.807) is 0 Å². The standard InChI is InChI=1S/C18H15ClN4O/c1-10-13(9-20-23(10)2)12-4-3-5-14(19)17(12)11-6-7-15-16(8-11)22-18(24)21-15/h3-9H,1-2H3,(H2,21,22,24). The minimum atomic E-state index is -0.218. The van der Waals surface area contributed by atoms with Gasteiger partial charge in [0.15, 0.2) is 0 Å². The van der Waals surface area contributed by atoms with Gasteiger partial charge in [-0.15, -0.1) is 0 Å². The third-order valence-corrected chi connectivity index (χ3v) is 4.66. The van der Waals surface area contributed by atoms with Gasteiger partial charge in [0, 0.05) is 28.9 Å². The summed E-state index contributed by atoms with van der Waals surface area (Å²) in [5.41, 5.74) is 6.31. The van der Waals surface area contributed by atoms with Gasteiger partial charge in [0.1, 0.15) is 0 Å². The van der Waals surface area contributed by atoms with E-state index in [9.17, 15) is 4.79 Å². The molecule has 4 rings (SSSR count). The summed E-state index contributed by atoms with van der Waals surface area (Å²) in [5, 5.41) is 4.99. The SMILES string of the molecule is Cc1c(-c2cccc(Cl)c2-c2ccc3[nH]c(=O)[nH]c3c2)cnn1C. The van der Waals surface area contributed by atoms with Gasteiger partial charge in [-0.2, -0.15) is 5.10 Å². The molecule has 0 atom stereocenters. The summed E-state index contributed by atoms with van der Waals surface area (Å²) in [7, 11) is 1.92. The maximum absolute atomic E-state index is 11.5. The van der Waals surface area contributed by atoms with Crippen LogP contribution in [0.2, 0.25) is 5.02 Å². The van der Waals surface area contributed by atoms with Crippen LogP contribution in [0.25, 0.3) is 33.3 Å². The molecule has 0 saturated carbocycles. The van der Waals surface area contributed by atoms with Crippen LogP contribution in [0.3, 0.4) is 0 Å². The van der Waals surface area contributed by atoms with E-state index in [1.165, 1.54) is 0 Å². The van der Waals surface area contributed by atoms with Gasteiger partial charge in [-0.1, -0.05) is 29.8 Å². The Balaban J connectivity index is 1.99. The topological polar surface area (TPSA) is 66.5 Å². The van der Waals surface area contributed by atoms with E-state index in [-0.39, 0.29) is 5.69 Å². The van der Waals surface area contributed by atoms with E-state index >= 15 is 0 Å². The monoisotopic (exact) mass is 338 g/mol. The van der Waals surface area contributed by atoms with Crippen molar-refractivity contribution in [3.8, 4) is 22.3 Å². The Hall–Kier alpha value is -2.79. The van der Waals surface area contributed by atoms with Crippen molar-refractivity contribution in [3.05, 3.63) is 63.8 Å².